The van der Waals surface area contributed by atoms with Gasteiger partial charge in [0.15, 0.2) is 5.60 Å². The average molecular weight is 388 g/mol. The number of carbonyl (C=O) groups excluding carboxylic acids is 3. The zero-order valence-electron chi connectivity index (χ0n) is 15.3. The van der Waals surface area contributed by atoms with E-state index in [1.54, 1.807) is 14.7 Å². The minimum atomic E-state index is -0.726. The highest BCUT2D eigenvalue weighted by Gasteiger charge is 2.63. The van der Waals surface area contributed by atoms with Crippen molar-refractivity contribution >= 4 is 23.7 Å². The largest absolute Gasteiger partial charge is 0.437 e. The topological polar surface area (TPSA) is 82.2 Å². The first-order chi connectivity index (χ1) is 13.4. The van der Waals surface area contributed by atoms with Crippen LogP contribution in [-0.4, -0.2) is 77.1 Å². The Kier molecular flexibility index (Phi) is 3.75. The second-order valence-corrected chi connectivity index (χ2v) is 7.99. The van der Waals surface area contributed by atoms with Crippen molar-refractivity contribution in [3.63, 3.8) is 0 Å². The highest BCUT2D eigenvalue weighted by atomic mass is 19.1. The van der Waals surface area contributed by atoms with E-state index in [9.17, 15) is 18.8 Å². The molecule has 1 saturated carbocycles. The number of nitrogens with one attached hydrogen (secondary N) is 1. The summed E-state index contributed by atoms with van der Waals surface area (Å²) in [4.78, 5) is 42.2. The maximum atomic E-state index is 13.0. The summed E-state index contributed by atoms with van der Waals surface area (Å²) < 4.78 is 18.7. The fourth-order valence-corrected chi connectivity index (χ4v) is 4.29. The van der Waals surface area contributed by atoms with Gasteiger partial charge in [-0.25, -0.2) is 14.0 Å². The minimum Gasteiger partial charge on any atom is -0.437 e. The van der Waals surface area contributed by atoms with Crippen LogP contribution in [0.2, 0.25) is 0 Å². The highest BCUT2D eigenvalue weighted by Crippen LogP contribution is 2.42. The number of rotatable bonds is 2. The van der Waals surface area contributed by atoms with Crippen LogP contribution in [0.25, 0.3) is 0 Å². The van der Waals surface area contributed by atoms with Gasteiger partial charge in [-0.05, 0) is 37.1 Å². The summed E-state index contributed by atoms with van der Waals surface area (Å²) in [6.45, 7) is 1.90. The summed E-state index contributed by atoms with van der Waals surface area (Å²) in [6, 6.07) is 5.00. The summed E-state index contributed by atoms with van der Waals surface area (Å²) in [7, 11) is 0. The number of amides is 4. The number of hydrogen-bond donors (Lipinski definition) is 1. The van der Waals surface area contributed by atoms with Crippen LogP contribution in [0, 0.1) is 11.7 Å². The first kappa shape index (κ1) is 17.3. The molecule has 9 heteroatoms. The van der Waals surface area contributed by atoms with E-state index in [-0.39, 0.29) is 35.8 Å². The SMILES string of the molecule is O=C(Nc1ccc(F)cc1)N1CCN2C(=O)OC3(CN(C(=O)C4CC4)C3)C2C1. The number of ether oxygens (including phenoxy) is 1. The molecule has 1 N–H and O–H groups in total. The molecule has 1 atom stereocenters. The van der Waals surface area contributed by atoms with Crippen LogP contribution in [0.5, 0.6) is 0 Å². The molecule has 8 nitrogen and oxygen atoms in total. The van der Waals surface area contributed by atoms with Crippen molar-refractivity contribution in [1.29, 1.82) is 0 Å². The number of urea groups is 1. The Morgan fingerprint density at radius 2 is 1.82 bits per heavy atom. The van der Waals surface area contributed by atoms with Gasteiger partial charge in [0.25, 0.3) is 0 Å². The van der Waals surface area contributed by atoms with E-state index in [4.69, 9.17) is 4.74 Å². The number of fused-ring (bicyclic) bond motifs is 2. The lowest BCUT2D eigenvalue weighted by atomic mass is 9.84. The molecule has 0 aromatic heterocycles. The molecule has 4 aliphatic rings. The maximum absolute atomic E-state index is 13.0. The lowest BCUT2D eigenvalue weighted by Crippen LogP contribution is -2.72. The van der Waals surface area contributed by atoms with Crippen LogP contribution in [-0.2, 0) is 9.53 Å². The van der Waals surface area contributed by atoms with Gasteiger partial charge in [0.05, 0.1) is 19.1 Å². The van der Waals surface area contributed by atoms with Crippen LogP contribution in [0.3, 0.4) is 0 Å². The molecule has 4 fully saturated rings. The maximum Gasteiger partial charge on any atom is 0.411 e. The predicted molar refractivity (Wildman–Crippen MR) is 96.0 cm³/mol. The number of halogens is 1. The molecular weight excluding hydrogens is 367 g/mol. The van der Waals surface area contributed by atoms with Crippen molar-refractivity contribution < 1.29 is 23.5 Å². The third-order valence-corrected chi connectivity index (χ3v) is 6.05. The van der Waals surface area contributed by atoms with E-state index in [0.717, 1.165) is 12.8 Å². The van der Waals surface area contributed by atoms with Gasteiger partial charge < -0.3 is 19.9 Å². The monoisotopic (exact) mass is 388 g/mol. The van der Waals surface area contributed by atoms with Gasteiger partial charge in [-0.2, -0.15) is 0 Å². The number of likely N-dealkylation sites (tertiary alicyclic amines) is 1. The fraction of sp³-hybridized carbons (Fsp3) is 0.526. The summed E-state index contributed by atoms with van der Waals surface area (Å²) in [5, 5.41) is 2.76. The molecule has 4 amide bonds. The Morgan fingerprint density at radius 1 is 1.11 bits per heavy atom. The molecule has 3 heterocycles. The Bertz CT molecular complexity index is 835. The molecule has 1 aromatic carbocycles. The number of carbonyl (C=O) groups is 3. The second kappa shape index (κ2) is 6.08. The van der Waals surface area contributed by atoms with E-state index in [1.807, 2.05) is 0 Å². The molecule has 3 aliphatic heterocycles. The zero-order chi connectivity index (χ0) is 19.5. The number of nitrogens with zero attached hydrogens (tertiary/aromatic N) is 3. The Labute approximate surface area is 161 Å². The fourth-order valence-electron chi connectivity index (χ4n) is 4.29. The quantitative estimate of drug-likeness (QED) is 0.832. The van der Waals surface area contributed by atoms with Crippen LogP contribution in [0.4, 0.5) is 19.7 Å². The van der Waals surface area contributed by atoms with Gasteiger partial charge in [0, 0.05) is 31.2 Å². The van der Waals surface area contributed by atoms with Gasteiger partial charge in [0.2, 0.25) is 5.91 Å². The lowest BCUT2D eigenvalue weighted by Gasteiger charge is -2.51. The average Bonchev–Trinajstić information content (AvgIpc) is 3.46. The highest BCUT2D eigenvalue weighted by molar-refractivity contribution is 5.89. The van der Waals surface area contributed by atoms with E-state index >= 15 is 0 Å². The minimum absolute atomic E-state index is 0.134. The molecule has 1 aliphatic carbocycles. The van der Waals surface area contributed by atoms with E-state index < -0.39 is 5.60 Å². The first-order valence-electron chi connectivity index (χ1n) is 9.55. The molecule has 3 saturated heterocycles. The van der Waals surface area contributed by atoms with Crippen LogP contribution >= 0.6 is 0 Å². The normalized spacial score (nSPS) is 25.2. The molecule has 28 heavy (non-hydrogen) atoms. The van der Waals surface area contributed by atoms with Crippen molar-refractivity contribution in [3.8, 4) is 0 Å². The van der Waals surface area contributed by atoms with Crippen molar-refractivity contribution in [2.24, 2.45) is 5.92 Å². The number of piperazine rings is 1. The van der Waals surface area contributed by atoms with Gasteiger partial charge in [0.1, 0.15) is 5.82 Å². The van der Waals surface area contributed by atoms with Crippen LogP contribution in [0.15, 0.2) is 24.3 Å². The molecule has 0 radical (unpaired) electrons. The Morgan fingerprint density at radius 3 is 2.50 bits per heavy atom. The van der Waals surface area contributed by atoms with E-state index in [1.165, 1.54) is 24.3 Å². The number of anilines is 1. The lowest BCUT2D eigenvalue weighted by molar-refractivity contribution is -0.156. The zero-order valence-corrected chi connectivity index (χ0v) is 15.3. The molecule has 1 unspecified atom stereocenters. The number of benzene rings is 1. The van der Waals surface area contributed by atoms with Crippen LogP contribution in [0.1, 0.15) is 12.8 Å². The predicted octanol–water partition coefficient (Wildman–Crippen LogP) is 1.48. The molecule has 0 bridgehead atoms. The number of hydrogen-bond acceptors (Lipinski definition) is 4. The Hall–Kier alpha value is -2.84. The Balaban J connectivity index is 1.26. The third kappa shape index (κ3) is 2.76. The van der Waals surface area contributed by atoms with Crippen molar-refractivity contribution in [2.75, 3.05) is 38.0 Å². The first-order valence-corrected chi connectivity index (χ1v) is 9.55. The second-order valence-electron chi connectivity index (χ2n) is 7.99. The van der Waals surface area contributed by atoms with Gasteiger partial charge in [-0.3, -0.25) is 9.69 Å². The molecule has 1 spiro atoms. The molecule has 1 aromatic rings. The molecule has 5 rings (SSSR count). The molecular formula is C19H21FN4O4. The van der Waals surface area contributed by atoms with Crippen LogP contribution < -0.4 is 5.32 Å². The molecule has 148 valence electrons. The summed E-state index contributed by atoms with van der Waals surface area (Å²) in [6.07, 6.45) is 1.51. The third-order valence-electron chi connectivity index (χ3n) is 6.05. The van der Waals surface area contributed by atoms with E-state index in [2.05, 4.69) is 5.32 Å². The van der Waals surface area contributed by atoms with Crippen molar-refractivity contribution in [1.82, 2.24) is 14.7 Å². The van der Waals surface area contributed by atoms with Gasteiger partial charge >= 0.3 is 12.1 Å². The summed E-state index contributed by atoms with van der Waals surface area (Å²) >= 11 is 0. The van der Waals surface area contributed by atoms with Gasteiger partial charge in [-0.15, -0.1) is 0 Å². The van der Waals surface area contributed by atoms with Crippen molar-refractivity contribution in [2.45, 2.75) is 24.5 Å². The van der Waals surface area contributed by atoms with Crippen molar-refractivity contribution in [3.05, 3.63) is 30.1 Å². The van der Waals surface area contributed by atoms with Gasteiger partial charge in [-0.1, -0.05) is 0 Å². The smallest absolute Gasteiger partial charge is 0.411 e. The van der Waals surface area contributed by atoms with E-state index in [0.29, 0.717) is 38.4 Å². The summed E-state index contributed by atoms with van der Waals surface area (Å²) in [5.74, 6) is -0.0952. The standard InChI is InChI=1S/C19H21FN4O4/c20-13-3-5-14(6-4-13)21-17(26)22-7-8-24-15(9-22)19(28-18(24)27)10-23(11-19)16(25)12-1-2-12/h3-6,12,15H,1-2,7-11H2,(H,21,26). The summed E-state index contributed by atoms with van der Waals surface area (Å²) in [5.41, 5.74) is -0.219.